The van der Waals surface area contributed by atoms with Crippen LogP contribution in [0.15, 0.2) is 6.07 Å². The van der Waals surface area contributed by atoms with Gasteiger partial charge in [0.05, 0.1) is 6.61 Å². The van der Waals surface area contributed by atoms with Crippen LogP contribution in [0, 0.1) is 0 Å². The van der Waals surface area contributed by atoms with Crippen molar-refractivity contribution in [1.82, 2.24) is 9.97 Å². The van der Waals surface area contributed by atoms with Gasteiger partial charge in [-0.25, -0.2) is 0 Å². The number of hydrogen-bond donors (Lipinski definition) is 3. The topological polar surface area (TPSA) is 87.3 Å². The normalized spacial score (nSPS) is 15.2. The van der Waals surface area contributed by atoms with Gasteiger partial charge in [-0.15, -0.1) is 0 Å². The van der Waals surface area contributed by atoms with E-state index in [1.165, 1.54) is 6.42 Å². The third kappa shape index (κ3) is 2.81. The molecule has 0 spiro atoms. The standard InChI is InChI=1S/C12H21N5O/c1-2-14-10-8-11(16-12(13)15-10)17(6-7-18)9-4-3-5-9/h8-9,18H,2-7H2,1H3,(H3,13,14,15,16). The van der Waals surface area contributed by atoms with Gasteiger partial charge in [0.25, 0.3) is 0 Å². The second-order valence-corrected chi connectivity index (χ2v) is 4.50. The Morgan fingerprint density at radius 2 is 2.28 bits per heavy atom. The third-order valence-corrected chi connectivity index (χ3v) is 3.24. The minimum Gasteiger partial charge on any atom is -0.395 e. The van der Waals surface area contributed by atoms with Crippen molar-refractivity contribution in [1.29, 1.82) is 0 Å². The summed E-state index contributed by atoms with van der Waals surface area (Å²) in [6, 6.07) is 2.37. The summed E-state index contributed by atoms with van der Waals surface area (Å²) in [6.07, 6.45) is 3.55. The number of anilines is 3. The van der Waals surface area contributed by atoms with Crippen LogP contribution in [0.4, 0.5) is 17.6 Å². The van der Waals surface area contributed by atoms with Gasteiger partial charge in [-0.05, 0) is 26.2 Å². The van der Waals surface area contributed by atoms with Crippen LogP contribution in [0.1, 0.15) is 26.2 Å². The Kier molecular flexibility index (Phi) is 4.19. The van der Waals surface area contributed by atoms with Crippen molar-refractivity contribution in [2.75, 3.05) is 35.6 Å². The lowest BCUT2D eigenvalue weighted by Crippen LogP contribution is -2.42. The molecule has 0 bridgehead atoms. The Morgan fingerprint density at radius 3 is 2.83 bits per heavy atom. The molecule has 1 aliphatic carbocycles. The molecule has 0 radical (unpaired) electrons. The summed E-state index contributed by atoms with van der Waals surface area (Å²) >= 11 is 0. The molecule has 1 fully saturated rings. The molecule has 0 saturated heterocycles. The Hall–Kier alpha value is -1.56. The predicted molar refractivity (Wildman–Crippen MR) is 72.7 cm³/mol. The summed E-state index contributed by atoms with van der Waals surface area (Å²) < 4.78 is 0. The molecule has 0 amide bonds. The number of aromatic nitrogens is 2. The van der Waals surface area contributed by atoms with Crippen LogP contribution in [0.25, 0.3) is 0 Å². The van der Waals surface area contributed by atoms with Crippen LogP contribution in [0.2, 0.25) is 0 Å². The number of nitrogens with one attached hydrogen (secondary N) is 1. The molecule has 0 aromatic carbocycles. The number of aliphatic hydroxyl groups excluding tert-OH is 1. The summed E-state index contributed by atoms with van der Waals surface area (Å²) in [5.74, 6) is 1.81. The molecule has 0 unspecified atom stereocenters. The molecule has 2 rings (SSSR count). The van der Waals surface area contributed by atoms with Gasteiger partial charge in [0.1, 0.15) is 11.6 Å². The second-order valence-electron chi connectivity index (χ2n) is 4.50. The van der Waals surface area contributed by atoms with Crippen molar-refractivity contribution in [3.05, 3.63) is 6.07 Å². The SMILES string of the molecule is CCNc1cc(N(CCO)C2CCC2)nc(N)n1. The molecule has 6 nitrogen and oxygen atoms in total. The van der Waals surface area contributed by atoms with Gasteiger partial charge in [0, 0.05) is 25.2 Å². The van der Waals surface area contributed by atoms with Gasteiger partial charge < -0.3 is 21.1 Å². The van der Waals surface area contributed by atoms with Gasteiger partial charge >= 0.3 is 0 Å². The van der Waals surface area contributed by atoms with Crippen molar-refractivity contribution >= 4 is 17.6 Å². The van der Waals surface area contributed by atoms with E-state index in [-0.39, 0.29) is 12.6 Å². The molecular weight excluding hydrogens is 230 g/mol. The van der Waals surface area contributed by atoms with Crippen LogP contribution in [0.3, 0.4) is 0 Å². The predicted octanol–water partition coefficient (Wildman–Crippen LogP) is 0.842. The van der Waals surface area contributed by atoms with Crippen LogP contribution >= 0.6 is 0 Å². The fourth-order valence-corrected chi connectivity index (χ4v) is 2.16. The lowest BCUT2D eigenvalue weighted by atomic mass is 9.91. The van der Waals surface area contributed by atoms with E-state index in [0.29, 0.717) is 12.6 Å². The van der Waals surface area contributed by atoms with E-state index in [9.17, 15) is 5.11 Å². The van der Waals surface area contributed by atoms with E-state index in [2.05, 4.69) is 20.2 Å². The van der Waals surface area contributed by atoms with Gasteiger partial charge in [-0.1, -0.05) is 0 Å². The number of nitrogens with two attached hydrogens (primary N) is 1. The van der Waals surface area contributed by atoms with Gasteiger partial charge in [0.2, 0.25) is 5.95 Å². The first-order chi connectivity index (χ1) is 8.74. The summed E-state index contributed by atoms with van der Waals surface area (Å²) in [6.45, 7) is 3.51. The monoisotopic (exact) mass is 251 g/mol. The zero-order valence-corrected chi connectivity index (χ0v) is 10.8. The molecule has 1 aromatic heterocycles. The quantitative estimate of drug-likeness (QED) is 0.694. The van der Waals surface area contributed by atoms with Crippen molar-refractivity contribution in [2.45, 2.75) is 32.2 Å². The molecule has 4 N–H and O–H groups in total. The van der Waals surface area contributed by atoms with Crippen LogP contribution in [-0.2, 0) is 0 Å². The third-order valence-electron chi connectivity index (χ3n) is 3.24. The van der Waals surface area contributed by atoms with E-state index in [1.54, 1.807) is 0 Å². The van der Waals surface area contributed by atoms with Crippen molar-refractivity contribution < 1.29 is 5.11 Å². The van der Waals surface area contributed by atoms with Gasteiger partial charge in [0.15, 0.2) is 0 Å². The largest absolute Gasteiger partial charge is 0.395 e. The molecule has 1 aliphatic rings. The highest BCUT2D eigenvalue weighted by atomic mass is 16.3. The Balaban J connectivity index is 2.22. The maximum Gasteiger partial charge on any atom is 0.223 e. The average Bonchev–Trinajstić information content (AvgIpc) is 2.25. The maximum atomic E-state index is 9.18. The number of hydrogen-bond acceptors (Lipinski definition) is 6. The van der Waals surface area contributed by atoms with Crippen molar-refractivity contribution in [3.63, 3.8) is 0 Å². The van der Waals surface area contributed by atoms with Gasteiger partial charge in [-0.3, -0.25) is 0 Å². The second kappa shape index (κ2) is 5.86. The zero-order chi connectivity index (χ0) is 13.0. The molecule has 18 heavy (non-hydrogen) atoms. The van der Waals surface area contributed by atoms with E-state index in [0.717, 1.165) is 31.0 Å². The van der Waals surface area contributed by atoms with Crippen LogP contribution < -0.4 is 16.0 Å². The van der Waals surface area contributed by atoms with Crippen LogP contribution in [-0.4, -0.2) is 40.8 Å². The minimum absolute atomic E-state index is 0.122. The van der Waals surface area contributed by atoms with E-state index in [1.807, 2.05) is 13.0 Å². The Bertz CT molecular complexity index is 394. The smallest absolute Gasteiger partial charge is 0.223 e. The molecule has 6 heteroatoms. The number of aliphatic hydroxyl groups is 1. The van der Waals surface area contributed by atoms with E-state index in [4.69, 9.17) is 5.73 Å². The van der Waals surface area contributed by atoms with Crippen molar-refractivity contribution in [2.24, 2.45) is 0 Å². The van der Waals surface area contributed by atoms with Gasteiger partial charge in [-0.2, -0.15) is 9.97 Å². The molecular formula is C12H21N5O. The first kappa shape index (κ1) is 12.9. The Labute approximate surface area is 107 Å². The van der Waals surface area contributed by atoms with E-state index >= 15 is 0 Å². The maximum absolute atomic E-state index is 9.18. The summed E-state index contributed by atoms with van der Waals surface area (Å²) in [7, 11) is 0. The number of nitrogens with zero attached hydrogens (tertiary/aromatic N) is 3. The van der Waals surface area contributed by atoms with E-state index < -0.39 is 0 Å². The van der Waals surface area contributed by atoms with Crippen LogP contribution in [0.5, 0.6) is 0 Å². The Morgan fingerprint density at radius 1 is 1.50 bits per heavy atom. The lowest BCUT2D eigenvalue weighted by molar-refractivity contribution is 0.283. The molecule has 100 valence electrons. The molecule has 1 aromatic rings. The first-order valence-electron chi connectivity index (χ1n) is 6.50. The lowest BCUT2D eigenvalue weighted by Gasteiger charge is -2.38. The molecule has 1 heterocycles. The fourth-order valence-electron chi connectivity index (χ4n) is 2.16. The number of rotatable bonds is 6. The highest BCUT2D eigenvalue weighted by Gasteiger charge is 2.26. The van der Waals surface area contributed by atoms with Crippen molar-refractivity contribution in [3.8, 4) is 0 Å². The zero-order valence-electron chi connectivity index (χ0n) is 10.8. The number of nitrogen functional groups attached to an aromatic ring is 1. The average molecular weight is 251 g/mol. The first-order valence-corrected chi connectivity index (χ1v) is 6.50. The molecule has 0 atom stereocenters. The molecule has 1 saturated carbocycles. The fraction of sp³-hybridized carbons (Fsp3) is 0.667. The highest BCUT2D eigenvalue weighted by Crippen LogP contribution is 2.29. The molecule has 0 aliphatic heterocycles. The summed E-state index contributed by atoms with van der Waals surface area (Å²) in [5, 5.41) is 12.3. The summed E-state index contributed by atoms with van der Waals surface area (Å²) in [4.78, 5) is 10.5. The summed E-state index contributed by atoms with van der Waals surface area (Å²) in [5.41, 5.74) is 5.73. The minimum atomic E-state index is 0.122. The highest BCUT2D eigenvalue weighted by molar-refractivity contribution is 5.53.